The van der Waals surface area contributed by atoms with E-state index in [0.29, 0.717) is 19.5 Å². The Morgan fingerprint density at radius 2 is 2.13 bits per heavy atom. The molecular formula is C18H21N3O2. The summed E-state index contributed by atoms with van der Waals surface area (Å²) in [6.07, 6.45) is 4.93. The Morgan fingerprint density at radius 1 is 1.39 bits per heavy atom. The van der Waals surface area contributed by atoms with Crippen LogP contribution in [0.1, 0.15) is 31.7 Å². The summed E-state index contributed by atoms with van der Waals surface area (Å²) < 4.78 is 0. The van der Waals surface area contributed by atoms with Crippen molar-refractivity contribution in [3.05, 3.63) is 42.0 Å². The molecule has 120 valence electrons. The largest absolute Gasteiger partial charge is 0.353 e. The normalized spacial score (nSPS) is 19.9. The molecule has 0 spiro atoms. The molecule has 0 saturated carbocycles. The second-order valence-electron chi connectivity index (χ2n) is 5.75. The van der Waals surface area contributed by atoms with Crippen LogP contribution >= 0.6 is 0 Å². The van der Waals surface area contributed by atoms with Crippen LogP contribution in [0.2, 0.25) is 0 Å². The minimum Gasteiger partial charge on any atom is -0.353 e. The monoisotopic (exact) mass is 311 g/mol. The molecule has 1 aromatic carbocycles. The van der Waals surface area contributed by atoms with Gasteiger partial charge in [-0.2, -0.15) is 5.26 Å². The topological polar surface area (TPSA) is 73.2 Å². The van der Waals surface area contributed by atoms with Crippen LogP contribution in [0.25, 0.3) is 6.08 Å². The van der Waals surface area contributed by atoms with Crippen LogP contribution in [-0.2, 0) is 9.59 Å². The van der Waals surface area contributed by atoms with Gasteiger partial charge in [-0.3, -0.25) is 9.59 Å². The van der Waals surface area contributed by atoms with Crippen molar-refractivity contribution in [2.75, 3.05) is 13.1 Å². The number of amides is 2. The Hall–Kier alpha value is -2.61. The van der Waals surface area contributed by atoms with E-state index in [2.05, 4.69) is 5.32 Å². The van der Waals surface area contributed by atoms with E-state index in [-0.39, 0.29) is 24.7 Å². The van der Waals surface area contributed by atoms with Crippen LogP contribution in [-0.4, -0.2) is 35.3 Å². The number of nitriles is 1. The average molecular weight is 311 g/mol. The number of hydrogen-bond donors (Lipinski definition) is 1. The molecule has 0 aliphatic carbocycles. The zero-order chi connectivity index (χ0) is 16.7. The molecule has 0 bridgehead atoms. The fourth-order valence-corrected chi connectivity index (χ4v) is 2.59. The van der Waals surface area contributed by atoms with Crippen LogP contribution < -0.4 is 5.32 Å². The molecule has 1 heterocycles. The number of carbonyl (C=O) groups is 2. The minimum atomic E-state index is -0.785. The van der Waals surface area contributed by atoms with E-state index in [0.717, 1.165) is 5.56 Å². The van der Waals surface area contributed by atoms with Gasteiger partial charge in [-0.15, -0.1) is 0 Å². The zero-order valence-electron chi connectivity index (χ0n) is 13.3. The maximum Gasteiger partial charge on any atom is 0.245 e. The quantitative estimate of drug-likeness (QED) is 0.818. The number of nitrogens with zero attached hydrogens (tertiary/aromatic N) is 2. The van der Waals surface area contributed by atoms with E-state index < -0.39 is 5.54 Å². The number of hydrogen-bond acceptors (Lipinski definition) is 3. The highest BCUT2D eigenvalue weighted by Gasteiger charge is 2.48. The van der Waals surface area contributed by atoms with E-state index in [4.69, 9.17) is 5.26 Å². The predicted octanol–water partition coefficient (Wildman–Crippen LogP) is 2.11. The van der Waals surface area contributed by atoms with Gasteiger partial charge < -0.3 is 10.2 Å². The molecule has 1 aromatic rings. The Bertz CT molecular complexity index is 633. The summed E-state index contributed by atoms with van der Waals surface area (Å²) in [5.41, 5.74) is 0.258. The summed E-state index contributed by atoms with van der Waals surface area (Å²) in [6.45, 7) is 2.69. The van der Waals surface area contributed by atoms with Gasteiger partial charge in [0.2, 0.25) is 11.8 Å². The van der Waals surface area contributed by atoms with E-state index >= 15 is 0 Å². The summed E-state index contributed by atoms with van der Waals surface area (Å²) in [5, 5.41) is 11.2. The lowest BCUT2D eigenvalue weighted by molar-refractivity contribution is -0.156. The molecule has 0 aromatic heterocycles. The molecular weight excluding hydrogens is 290 g/mol. The second-order valence-corrected chi connectivity index (χ2v) is 5.75. The third kappa shape index (κ3) is 3.98. The van der Waals surface area contributed by atoms with E-state index in [9.17, 15) is 9.59 Å². The summed E-state index contributed by atoms with van der Waals surface area (Å²) in [6, 6.07) is 11.8. The summed E-state index contributed by atoms with van der Waals surface area (Å²) >= 11 is 0. The summed E-state index contributed by atoms with van der Waals surface area (Å²) in [4.78, 5) is 26.1. The lowest BCUT2D eigenvalue weighted by atomic mass is 9.85. The van der Waals surface area contributed by atoms with Crippen molar-refractivity contribution in [3.63, 3.8) is 0 Å². The highest BCUT2D eigenvalue weighted by molar-refractivity contribution is 5.93. The molecule has 1 aliphatic rings. The Balaban J connectivity index is 1.88. The maximum absolute atomic E-state index is 12.3. The van der Waals surface area contributed by atoms with Crippen LogP contribution in [0.5, 0.6) is 0 Å². The van der Waals surface area contributed by atoms with E-state index in [1.807, 2.05) is 48.6 Å². The highest BCUT2D eigenvalue weighted by atomic mass is 16.2. The smallest absolute Gasteiger partial charge is 0.245 e. The molecule has 1 fully saturated rings. The molecule has 1 aliphatic heterocycles. The Kier molecular flexibility index (Phi) is 5.53. The minimum absolute atomic E-state index is 0.0543. The number of carbonyl (C=O) groups excluding carboxylic acids is 2. The van der Waals surface area contributed by atoms with Gasteiger partial charge in [0.15, 0.2) is 0 Å². The fourth-order valence-electron chi connectivity index (χ4n) is 2.59. The number of rotatable bonds is 6. The van der Waals surface area contributed by atoms with Crippen molar-refractivity contribution in [1.29, 1.82) is 5.26 Å². The van der Waals surface area contributed by atoms with Crippen molar-refractivity contribution in [2.45, 2.75) is 31.7 Å². The standard InChI is InChI=1S/C18H21N3O2/c1-18(17(23)20-13-6-12-19)11-14-21(18)16(22)10-5-9-15-7-3-2-4-8-15/h2-5,7-9H,6,10-11,13-14H2,1H3,(H,20,23)/b9-5+. The molecule has 5 nitrogen and oxygen atoms in total. The van der Waals surface area contributed by atoms with Gasteiger partial charge in [-0.25, -0.2) is 0 Å². The first-order valence-corrected chi connectivity index (χ1v) is 7.75. The number of nitrogens with one attached hydrogen (secondary N) is 1. The van der Waals surface area contributed by atoms with Gasteiger partial charge in [0.25, 0.3) is 0 Å². The zero-order valence-corrected chi connectivity index (χ0v) is 13.3. The predicted molar refractivity (Wildman–Crippen MR) is 88.1 cm³/mol. The van der Waals surface area contributed by atoms with Crippen LogP contribution in [0.15, 0.2) is 36.4 Å². The van der Waals surface area contributed by atoms with Crippen molar-refractivity contribution < 1.29 is 9.59 Å². The van der Waals surface area contributed by atoms with Crippen LogP contribution in [0.3, 0.4) is 0 Å². The van der Waals surface area contributed by atoms with Crippen LogP contribution in [0.4, 0.5) is 0 Å². The van der Waals surface area contributed by atoms with Gasteiger partial charge in [0.1, 0.15) is 5.54 Å². The molecule has 2 rings (SSSR count). The lowest BCUT2D eigenvalue weighted by Gasteiger charge is -2.49. The van der Waals surface area contributed by atoms with Crippen molar-refractivity contribution in [2.24, 2.45) is 0 Å². The first-order chi connectivity index (χ1) is 11.1. The second kappa shape index (κ2) is 7.59. The molecule has 0 radical (unpaired) electrons. The third-order valence-corrected chi connectivity index (χ3v) is 4.13. The van der Waals surface area contributed by atoms with Crippen molar-refractivity contribution >= 4 is 17.9 Å². The molecule has 1 atom stereocenters. The molecule has 5 heteroatoms. The Labute approximate surface area is 136 Å². The summed E-state index contributed by atoms with van der Waals surface area (Å²) in [7, 11) is 0. The highest BCUT2D eigenvalue weighted by Crippen LogP contribution is 2.31. The van der Waals surface area contributed by atoms with E-state index in [1.165, 1.54) is 0 Å². The maximum atomic E-state index is 12.3. The third-order valence-electron chi connectivity index (χ3n) is 4.13. The van der Waals surface area contributed by atoms with Gasteiger partial charge >= 0.3 is 0 Å². The fraction of sp³-hybridized carbons (Fsp3) is 0.389. The SMILES string of the molecule is CC1(C(=O)NCCC#N)CCN1C(=O)C/C=C/c1ccccc1. The number of benzene rings is 1. The van der Waals surface area contributed by atoms with Crippen molar-refractivity contribution in [3.8, 4) is 6.07 Å². The average Bonchev–Trinajstić information content (AvgIpc) is 2.54. The molecule has 1 N–H and O–H groups in total. The van der Waals surface area contributed by atoms with E-state index in [1.54, 1.807) is 11.8 Å². The summed E-state index contributed by atoms with van der Waals surface area (Å²) in [5.74, 6) is -0.235. The Morgan fingerprint density at radius 3 is 2.74 bits per heavy atom. The first-order valence-electron chi connectivity index (χ1n) is 7.75. The molecule has 2 amide bonds. The molecule has 1 saturated heterocycles. The van der Waals surface area contributed by atoms with Gasteiger partial charge in [0, 0.05) is 19.5 Å². The molecule has 23 heavy (non-hydrogen) atoms. The van der Waals surface area contributed by atoms with Crippen molar-refractivity contribution in [1.82, 2.24) is 10.2 Å². The first kappa shape index (κ1) is 16.8. The van der Waals surface area contributed by atoms with Crippen LogP contribution in [0, 0.1) is 11.3 Å². The molecule has 1 unspecified atom stereocenters. The van der Waals surface area contributed by atoms with Gasteiger partial charge in [-0.1, -0.05) is 42.5 Å². The van der Waals surface area contributed by atoms with Gasteiger partial charge in [0.05, 0.1) is 12.5 Å². The lowest BCUT2D eigenvalue weighted by Crippen LogP contribution is -2.67. The van der Waals surface area contributed by atoms with Gasteiger partial charge in [-0.05, 0) is 18.9 Å². The number of likely N-dealkylation sites (tertiary alicyclic amines) is 1.